The SMILES string of the molecule is Cc1ccc2c(C3=CCN(C)CC3)c[nH]c2n1. The molecule has 3 nitrogen and oxygen atoms in total. The fraction of sp³-hybridized carbons (Fsp3) is 0.357. The maximum Gasteiger partial charge on any atom is 0.138 e. The lowest BCUT2D eigenvalue weighted by molar-refractivity contribution is 0.370. The van der Waals surface area contributed by atoms with Crippen LogP contribution in [0.3, 0.4) is 0 Å². The fourth-order valence-corrected chi connectivity index (χ4v) is 2.38. The molecule has 0 radical (unpaired) electrons. The maximum atomic E-state index is 4.51. The van der Waals surface area contributed by atoms with Crippen molar-refractivity contribution in [3.63, 3.8) is 0 Å². The lowest BCUT2D eigenvalue weighted by Crippen LogP contribution is -2.23. The lowest BCUT2D eigenvalue weighted by atomic mass is 10.00. The molecule has 1 aliphatic rings. The van der Waals surface area contributed by atoms with Gasteiger partial charge in [-0.3, -0.25) is 0 Å². The van der Waals surface area contributed by atoms with Crippen LogP contribution in [0.5, 0.6) is 0 Å². The summed E-state index contributed by atoms with van der Waals surface area (Å²) in [5, 5.41) is 1.24. The smallest absolute Gasteiger partial charge is 0.138 e. The molecule has 2 aromatic rings. The van der Waals surface area contributed by atoms with Gasteiger partial charge in [-0.1, -0.05) is 6.08 Å². The molecule has 0 unspecified atom stereocenters. The van der Waals surface area contributed by atoms with Crippen LogP contribution < -0.4 is 0 Å². The van der Waals surface area contributed by atoms with Crippen LogP contribution in [0.15, 0.2) is 24.4 Å². The van der Waals surface area contributed by atoms with Crippen molar-refractivity contribution in [3.8, 4) is 0 Å². The van der Waals surface area contributed by atoms with E-state index in [-0.39, 0.29) is 0 Å². The topological polar surface area (TPSA) is 31.9 Å². The molecule has 88 valence electrons. The molecule has 0 aliphatic carbocycles. The summed E-state index contributed by atoms with van der Waals surface area (Å²) < 4.78 is 0. The molecule has 17 heavy (non-hydrogen) atoms. The van der Waals surface area contributed by atoms with Gasteiger partial charge in [0.25, 0.3) is 0 Å². The summed E-state index contributed by atoms with van der Waals surface area (Å²) in [6, 6.07) is 4.25. The zero-order valence-electron chi connectivity index (χ0n) is 10.3. The second-order valence-corrected chi connectivity index (χ2v) is 4.79. The van der Waals surface area contributed by atoms with Gasteiger partial charge in [-0.15, -0.1) is 0 Å². The van der Waals surface area contributed by atoms with E-state index in [1.807, 2.05) is 6.92 Å². The summed E-state index contributed by atoms with van der Waals surface area (Å²) in [7, 11) is 2.16. The average molecular weight is 227 g/mol. The molecule has 2 aromatic heterocycles. The van der Waals surface area contributed by atoms with Crippen molar-refractivity contribution in [2.75, 3.05) is 20.1 Å². The minimum absolute atomic E-state index is 1.000. The Morgan fingerprint density at radius 3 is 3.00 bits per heavy atom. The number of H-pyrrole nitrogens is 1. The second kappa shape index (κ2) is 4.00. The van der Waals surface area contributed by atoms with Gasteiger partial charge in [-0.2, -0.15) is 0 Å². The van der Waals surface area contributed by atoms with Crippen molar-refractivity contribution in [1.82, 2.24) is 14.9 Å². The summed E-state index contributed by atoms with van der Waals surface area (Å²) in [6.45, 7) is 4.20. The van der Waals surface area contributed by atoms with Crippen LogP contribution in [0.2, 0.25) is 0 Å². The first kappa shape index (κ1) is 10.5. The highest BCUT2D eigenvalue weighted by atomic mass is 15.1. The molecule has 3 heteroatoms. The van der Waals surface area contributed by atoms with Gasteiger partial charge < -0.3 is 9.88 Å². The monoisotopic (exact) mass is 227 g/mol. The van der Waals surface area contributed by atoms with E-state index in [1.54, 1.807) is 0 Å². The van der Waals surface area contributed by atoms with Gasteiger partial charge in [0.15, 0.2) is 0 Å². The van der Waals surface area contributed by atoms with Crippen molar-refractivity contribution in [1.29, 1.82) is 0 Å². The molecule has 0 aromatic carbocycles. The van der Waals surface area contributed by atoms with E-state index in [9.17, 15) is 0 Å². The van der Waals surface area contributed by atoms with E-state index in [0.717, 1.165) is 30.9 Å². The van der Waals surface area contributed by atoms with E-state index in [1.165, 1.54) is 16.5 Å². The normalized spacial score (nSPS) is 17.4. The third-order valence-corrected chi connectivity index (χ3v) is 3.44. The Balaban J connectivity index is 2.06. The van der Waals surface area contributed by atoms with Crippen LogP contribution >= 0.6 is 0 Å². The predicted molar refractivity (Wildman–Crippen MR) is 70.9 cm³/mol. The number of pyridine rings is 1. The van der Waals surface area contributed by atoms with Crippen LogP contribution in [-0.4, -0.2) is 35.0 Å². The predicted octanol–water partition coefficient (Wildman–Crippen LogP) is 2.59. The van der Waals surface area contributed by atoms with Crippen molar-refractivity contribution in [2.24, 2.45) is 0 Å². The van der Waals surface area contributed by atoms with Crippen LogP contribution in [-0.2, 0) is 0 Å². The number of hydrogen-bond acceptors (Lipinski definition) is 2. The second-order valence-electron chi connectivity index (χ2n) is 4.79. The molecule has 1 N–H and O–H groups in total. The summed E-state index contributed by atoms with van der Waals surface area (Å²) in [4.78, 5) is 10.1. The first-order chi connectivity index (χ1) is 8.24. The van der Waals surface area contributed by atoms with Crippen molar-refractivity contribution >= 4 is 16.6 Å². The number of likely N-dealkylation sites (N-methyl/N-ethyl adjacent to an activating group) is 1. The number of aromatic amines is 1. The van der Waals surface area contributed by atoms with Crippen LogP contribution in [0.1, 0.15) is 17.7 Å². The molecular weight excluding hydrogens is 210 g/mol. The molecule has 0 fully saturated rings. The highest BCUT2D eigenvalue weighted by Crippen LogP contribution is 2.28. The largest absolute Gasteiger partial charge is 0.346 e. The first-order valence-corrected chi connectivity index (χ1v) is 6.07. The summed E-state index contributed by atoms with van der Waals surface area (Å²) in [5.74, 6) is 0. The van der Waals surface area contributed by atoms with Gasteiger partial charge in [0.1, 0.15) is 5.65 Å². The van der Waals surface area contributed by atoms with E-state index >= 15 is 0 Å². The van der Waals surface area contributed by atoms with E-state index in [0.29, 0.717) is 0 Å². The van der Waals surface area contributed by atoms with Gasteiger partial charge in [0.05, 0.1) is 0 Å². The molecule has 3 heterocycles. The quantitative estimate of drug-likeness (QED) is 0.812. The van der Waals surface area contributed by atoms with Gasteiger partial charge in [-0.05, 0) is 38.1 Å². The summed E-state index contributed by atoms with van der Waals surface area (Å²) in [5.41, 5.74) is 4.82. The highest BCUT2D eigenvalue weighted by molar-refractivity contribution is 5.90. The van der Waals surface area contributed by atoms with Gasteiger partial charge in [-0.25, -0.2) is 4.98 Å². The number of aromatic nitrogens is 2. The van der Waals surface area contributed by atoms with Gasteiger partial charge in [0, 0.05) is 35.9 Å². The van der Waals surface area contributed by atoms with Crippen molar-refractivity contribution in [2.45, 2.75) is 13.3 Å². The molecule has 0 amide bonds. The Morgan fingerprint density at radius 2 is 2.24 bits per heavy atom. The number of aryl methyl sites for hydroxylation is 1. The zero-order valence-corrected chi connectivity index (χ0v) is 10.3. The van der Waals surface area contributed by atoms with Gasteiger partial charge >= 0.3 is 0 Å². The Kier molecular flexibility index (Phi) is 2.48. The standard InChI is InChI=1S/C14H17N3/c1-10-3-4-12-13(9-15-14(12)16-10)11-5-7-17(2)8-6-11/h3-5,9H,6-8H2,1-2H3,(H,15,16). The molecule has 0 saturated carbocycles. The molecule has 0 spiro atoms. The maximum absolute atomic E-state index is 4.51. The number of nitrogens with zero attached hydrogens (tertiary/aromatic N) is 2. The molecular formula is C14H17N3. The summed E-state index contributed by atoms with van der Waals surface area (Å²) >= 11 is 0. The van der Waals surface area contributed by atoms with E-state index in [2.05, 4.69) is 46.3 Å². The Morgan fingerprint density at radius 1 is 1.35 bits per heavy atom. The minimum atomic E-state index is 1.000. The molecule has 0 saturated heterocycles. The third kappa shape index (κ3) is 1.87. The number of nitrogens with one attached hydrogen (secondary N) is 1. The van der Waals surface area contributed by atoms with Crippen molar-refractivity contribution < 1.29 is 0 Å². The van der Waals surface area contributed by atoms with E-state index < -0.39 is 0 Å². The average Bonchev–Trinajstić information content (AvgIpc) is 2.73. The zero-order chi connectivity index (χ0) is 11.8. The number of hydrogen-bond donors (Lipinski definition) is 1. The summed E-state index contributed by atoms with van der Waals surface area (Å²) in [6.07, 6.45) is 5.54. The lowest BCUT2D eigenvalue weighted by Gasteiger charge is -2.21. The van der Waals surface area contributed by atoms with E-state index in [4.69, 9.17) is 0 Å². The molecule has 0 bridgehead atoms. The minimum Gasteiger partial charge on any atom is -0.346 e. The van der Waals surface area contributed by atoms with Crippen LogP contribution in [0, 0.1) is 6.92 Å². The van der Waals surface area contributed by atoms with Gasteiger partial charge in [0.2, 0.25) is 0 Å². The Labute approximate surface area is 101 Å². The number of rotatable bonds is 1. The molecule has 3 rings (SSSR count). The van der Waals surface area contributed by atoms with Crippen LogP contribution in [0.25, 0.3) is 16.6 Å². The third-order valence-electron chi connectivity index (χ3n) is 3.44. The van der Waals surface area contributed by atoms with Crippen LogP contribution in [0.4, 0.5) is 0 Å². The number of fused-ring (bicyclic) bond motifs is 1. The highest BCUT2D eigenvalue weighted by Gasteiger charge is 2.13. The first-order valence-electron chi connectivity index (χ1n) is 6.07. The Hall–Kier alpha value is -1.61. The van der Waals surface area contributed by atoms with Crippen molar-refractivity contribution in [3.05, 3.63) is 35.7 Å². The molecule has 1 aliphatic heterocycles. The Bertz CT molecular complexity index is 580. The fourth-order valence-electron chi connectivity index (χ4n) is 2.38. The molecule has 0 atom stereocenters.